The van der Waals surface area contributed by atoms with Crippen molar-refractivity contribution in [2.24, 2.45) is 0 Å². The summed E-state index contributed by atoms with van der Waals surface area (Å²) in [4.78, 5) is 0. The van der Waals surface area contributed by atoms with E-state index in [1.165, 1.54) is 6.07 Å². The first-order valence-corrected chi connectivity index (χ1v) is 6.67. The fourth-order valence-electron chi connectivity index (χ4n) is 1.71. The molecule has 0 bridgehead atoms. The topological polar surface area (TPSA) is 12.0 Å². The van der Waals surface area contributed by atoms with Crippen LogP contribution in [0.4, 0.5) is 10.1 Å². The Morgan fingerprint density at radius 2 is 2.00 bits per heavy atom. The van der Waals surface area contributed by atoms with Gasteiger partial charge in [-0.3, -0.25) is 0 Å². The van der Waals surface area contributed by atoms with E-state index in [1.54, 1.807) is 12.1 Å². The summed E-state index contributed by atoms with van der Waals surface area (Å²) in [6.07, 6.45) is 0. The van der Waals surface area contributed by atoms with Crippen LogP contribution in [-0.2, 0) is 6.54 Å². The van der Waals surface area contributed by atoms with Gasteiger partial charge in [0, 0.05) is 27.3 Å². The number of aryl methyl sites for hydroxylation is 1. The Labute approximate surface area is 119 Å². The highest BCUT2D eigenvalue weighted by molar-refractivity contribution is 9.10. The summed E-state index contributed by atoms with van der Waals surface area (Å²) in [6, 6.07) is 10.5. The van der Waals surface area contributed by atoms with E-state index in [0.29, 0.717) is 17.1 Å². The molecule has 0 aliphatic carbocycles. The van der Waals surface area contributed by atoms with Crippen molar-refractivity contribution in [3.63, 3.8) is 0 Å². The lowest BCUT2D eigenvalue weighted by Gasteiger charge is -2.09. The first-order valence-electron chi connectivity index (χ1n) is 5.49. The third-order valence-electron chi connectivity index (χ3n) is 2.53. The zero-order valence-electron chi connectivity index (χ0n) is 9.81. The second kappa shape index (κ2) is 5.72. The number of hydrogen-bond acceptors (Lipinski definition) is 1. The number of halogens is 3. The van der Waals surface area contributed by atoms with E-state index in [9.17, 15) is 4.39 Å². The van der Waals surface area contributed by atoms with Crippen LogP contribution in [0.5, 0.6) is 0 Å². The highest BCUT2D eigenvalue weighted by Crippen LogP contribution is 2.21. The second-order valence-corrected chi connectivity index (χ2v) is 5.46. The molecule has 1 N–H and O–H groups in total. The average Bonchev–Trinajstić information content (AvgIpc) is 2.29. The smallest absolute Gasteiger partial charge is 0.128 e. The van der Waals surface area contributed by atoms with Crippen molar-refractivity contribution in [1.82, 2.24) is 0 Å². The lowest BCUT2D eigenvalue weighted by molar-refractivity contribution is 0.613. The Morgan fingerprint density at radius 1 is 1.22 bits per heavy atom. The molecule has 0 spiro atoms. The van der Waals surface area contributed by atoms with Gasteiger partial charge in [-0.25, -0.2) is 4.39 Å². The third-order valence-corrected chi connectivity index (χ3v) is 3.23. The van der Waals surface area contributed by atoms with Crippen LogP contribution in [0.3, 0.4) is 0 Å². The van der Waals surface area contributed by atoms with Crippen LogP contribution < -0.4 is 5.32 Å². The highest BCUT2D eigenvalue weighted by Gasteiger charge is 2.03. The van der Waals surface area contributed by atoms with Gasteiger partial charge in [0.15, 0.2) is 0 Å². The lowest BCUT2D eigenvalue weighted by Crippen LogP contribution is -2.02. The summed E-state index contributed by atoms with van der Waals surface area (Å²) in [6.45, 7) is 2.41. The van der Waals surface area contributed by atoms with Gasteiger partial charge in [0.05, 0.1) is 0 Å². The van der Waals surface area contributed by atoms with Gasteiger partial charge in [0.2, 0.25) is 0 Å². The molecule has 94 valence electrons. The van der Waals surface area contributed by atoms with Gasteiger partial charge in [-0.1, -0.05) is 27.5 Å². The molecule has 2 aromatic rings. The van der Waals surface area contributed by atoms with Gasteiger partial charge in [0.1, 0.15) is 5.82 Å². The molecule has 0 amide bonds. The Bertz CT molecular complexity index is 551. The molecule has 0 heterocycles. The number of anilines is 1. The van der Waals surface area contributed by atoms with Crippen LogP contribution in [0.25, 0.3) is 0 Å². The van der Waals surface area contributed by atoms with E-state index < -0.39 is 0 Å². The highest BCUT2D eigenvalue weighted by atomic mass is 79.9. The molecular formula is C14H12BrClFN. The number of benzene rings is 2. The maximum Gasteiger partial charge on any atom is 0.128 e. The van der Waals surface area contributed by atoms with Crippen molar-refractivity contribution in [1.29, 1.82) is 0 Å². The van der Waals surface area contributed by atoms with E-state index in [0.717, 1.165) is 15.7 Å². The fourth-order valence-corrected chi connectivity index (χ4v) is 2.52. The van der Waals surface area contributed by atoms with E-state index in [-0.39, 0.29) is 5.82 Å². The Balaban J connectivity index is 2.13. The maximum absolute atomic E-state index is 13.5. The lowest BCUT2D eigenvalue weighted by atomic mass is 10.2. The molecule has 2 aromatic carbocycles. The Morgan fingerprint density at radius 3 is 2.72 bits per heavy atom. The molecule has 0 unspecified atom stereocenters. The quantitative estimate of drug-likeness (QED) is 0.820. The van der Waals surface area contributed by atoms with Crippen molar-refractivity contribution in [3.8, 4) is 0 Å². The zero-order chi connectivity index (χ0) is 13.1. The third kappa shape index (κ3) is 3.47. The summed E-state index contributed by atoms with van der Waals surface area (Å²) in [7, 11) is 0. The molecule has 0 fully saturated rings. The summed E-state index contributed by atoms with van der Waals surface area (Å²) in [5.41, 5.74) is 2.64. The average molecular weight is 329 g/mol. The van der Waals surface area contributed by atoms with Gasteiger partial charge in [0.25, 0.3) is 0 Å². The standard InChI is InChI=1S/C14H12BrClFN/c1-9-4-11(15)7-13(5-9)18-8-10-6-12(16)2-3-14(10)17/h2-7,18H,8H2,1H3. The van der Waals surface area contributed by atoms with Crippen molar-refractivity contribution >= 4 is 33.2 Å². The number of nitrogens with one attached hydrogen (secondary N) is 1. The van der Waals surface area contributed by atoms with Gasteiger partial charge in [-0.2, -0.15) is 0 Å². The van der Waals surface area contributed by atoms with Crippen molar-refractivity contribution in [2.75, 3.05) is 5.32 Å². The van der Waals surface area contributed by atoms with E-state index in [1.807, 2.05) is 25.1 Å². The number of hydrogen-bond donors (Lipinski definition) is 1. The Hall–Kier alpha value is -1.06. The van der Waals surface area contributed by atoms with Crippen LogP contribution in [0.15, 0.2) is 40.9 Å². The molecule has 0 aromatic heterocycles. The molecule has 0 saturated heterocycles. The minimum atomic E-state index is -0.251. The van der Waals surface area contributed by atoms with Crippen molar-refractivity contribution in [2.45, 2.75) is 13.5 Å². The van der Waals surface area contributed by atoms with Crippen LogP contribution in [-0.4, -0.2) is 0 Å². The predicted molar refractivity (Wildman–Crippen MR) is 77.6 cm³/mol. The van der Waals surface area contributed by atoms with Crippen LogP contribution >= 0.6 is 27.5 Å². The molecule has 0 aliphatic heterocycles. The first-order chi connectivity index (χ1) is 8.54. The minimum absolute atomic E-state index is 0.251. The van der Waals surface area contributed by atoms with Crippen LogP contribution in [0, 0.1) is 12.7 Å². The van der Waals surface area contributed by atoms with Gasteiger partial charge in [-0.05, 0) is 48.9 Å². The Kier molecular flexibility index (Phi) is 4.25. The minimum Gasteiger partial charge on any atom is -0.381 e. The molecule has 18 heavy (non-hydrogen) atoms. The second-order valence-electron chi connectivity index (χ2n) is 4.11. The van der Waals surface area contributed by atoms with Crippen molar-refractivity contribution < 1.29 is 4.39 Å². The number of rotatable bonds is 3. The van der Waals surface area contributed by atoms with E-state index >= 15 is 0 Å². The molecular weight excluding hydrogens is 317 g/mol. The molecule has 1 nitrogen and oxygen atoms in total. The fraction of sp³-hybridized carbons (Fsp3) is 0.143. The summed E-state index contributed by atoms with van der Waals surface area (Å²) in [5, 5.41) is 3.72. The van der Waals surface area contributed by atoms with E-state index in [4.69, 9.17) is 11.6 Å². The van der Waals surface area contributed by atoms with Crippen LogP contribution in [0.2, 0.25) is 5.02 Å². The SMILES string of the molecule is Cc1cc(Br)cc(NCc2cc(Cl)ccc2F)c1. The normalized spacial score (nSPS) is 10.4. The maximum atomic E-state index is 13.5. The van der Waals surface area contributed by atoms with Gasteiger partial charge < -0.3 is 5.32 Å². The van der Waals surface area contributed by atoms with Crippen LogP contribution in [0.1, 0.15) is 11.1 Å². The van der Waals surface area contributed by atoms with Gasteiger partial charge >= 0.3 is 0 Å². The molecule has 0 atom stereocenters. The predicted octanol–water partition coefficient (Wildman–Crippen LogP) is 5.16. The largest absolute Gasteiger partial charge is 0.381 e. The summed E-state index contributed by atoms with van der Waals surface area (Å²) < 4.78 is 14.5. The van der Waals surface area contributed by atoms with E-state index in [2.05, 4.69) is 21.2 Å². The zero-order valence-corrected chi connectivity index (χ0v) is 12.1. The van der Waals surface area contributed by atoms with Gasteiger partial charge in [-0.15, -0.1) is 0 Å². The first kappa shape index (κ1) is 13.4. The molecule has 0 saturated carbocycles. The summed E-state index contributed by atoms with van der Waals surface area (Å²) in [5.74, 6) is -0.251. The summed E-state index contributed by atoms with van der Waals surface area (Å²) >= 11 is 9.28. The molecule has 2 rings (SSSR count). The monoisotopic (exact) mass is 327 g/mol. The molecule has 0 radical (unpaired) electrons. The molecule has 4 heteroatoms. The molecule has 0 aliphatic rings. The van der Waals surface area contributed by atoms with Crippen molar-refractivity contribution in [3.05, 3.63) is 62.8 Å².